The van der Waals surface area contributed by atoms with E-state index in [2.05, 4.69) is 62.6 Å². The van der Waals surface area contributed by atoms with Crippen LogP contribution >= 0.6 is 0 Å². The van der Waals surface area contributed by atoms with Crippen molar-refractivity contribution in [1.29, 1.82) is 0 Å². The Hall–Kier alpha value is -1.02. The number of rotatable bonds is 6. The summed E-state index contributed by atoms with van der Waals surface area (Å²) >= 11 is 0. The Balaban J connectivity index is 2.53. The molecule has 0 aromatic heterocycles. The van der Waals surface area contributed by atoms with Crippen molar-refractivity contribution in [1.82, 2.24) is 5.32 Å². The predicted octanol–water partition coefficient (Wildman–Crippen LogP) is 3.64. The minimum absolute atomic E-state index is 0.233. The summed E-state index contributed by atoms with van der Waals surface area (Å²) < 4.78 is 0. The van der Waals surface area contributed by atoms with Crippen molar-refractivity contribution in [3.8, 4) is 0 Å². The van der Waals surface area contributed by atoms with Crippen LogP contribution in [0.1, 0.15) is 39.7 Å². The third kappa shape index (κ3) is 4.69. The Bertz CT molecular complexity index is 335. The van der Waals surface area contributed by atoms with E-state index >= 15 is 0 Å². The van der Waals surface area contributed by atoms with Crippen LogP contribution in [0.2, 0.25) is 0 Å². The van der Waals surface area contributed by atoms with Gasteiger partial charge in [-0.15, -0.1) is 0 Å². The Morgan fingerprint density at radius 1 is 1.06 bits per heavy atom. The van der Waals surface area contributed by atoms with E-state index in [-0.39, 0.29) is 5.41 Å². The lowest BCUT2D eigenvalue weighted by atomic mass is 9.87. The summed E-state index contributed by atoms with van der Waals surface area (Å²) in [6, 6.07) is 8.82. The molecular weight excluding hydrogens is 220 g/mol. The summed E-state index contributed by atoms with van der Waals surface area (Å²) in [5.74, 6) is 0.692. The van der Waals surface area contributed by atoms with Crippen LogP contribution in [0, 0.1) is 5.92 Å². The van der Waals surface area contributed by atoms with Gasteiger partial charge in [0.1, 0.15) is 0 Å². The molecule has 102 valence electrons. The molecule has 1 unspecified atom stereocenters. The molecular formula is C16H28N2. The highest BCUT2D eigenvalue weighted by molar-refractivity contribution is 5.45. The first-order valence-corrected chi connectivity index (χ1v) is 6.96. The highest BCUT2D eigenvalue weighted by Gasteiger charge is 2.12. The first-order chi connectivity index (χ1) is 8.47. The summed E-state index contributed by atoms with van der Waals surface area (Å²) in [5.41, 5.74) is 2.84. The summed E-state index contributed by atoms with van der Waals surface area (Å²) in [6.45, 7) is 11.1. The van der Waals surface area contributed by atoms with Crippen molar-refractivity contribution in [3.05, 3.63) is 29.8 Å². The van der Waals surface area contributed by atoms with E-state index in [1.54, 1.807) is 0 Å². The molecule has 0 spiro atoms. The molecule has 0 saturated carbocycles. The quantitative estimate of drug-likeness (QED) is 0.803. The van der Waals surface area contributed by atoms with Crippen molar-refractivity contribution in [3.63, 3.8) is 0 Å². The van der Waals surface area contributed by atoms with Gasteiger partial charge in [-0.25, -0.2) is 0 Å². The largest absolute Gasteiger partial charge is 0.385 e. The summed E-state index contributed by atoms with van der Waals surface area (Å²) in [5, 5.41) is 6.76. The molecule has 0 radical (unpaired) electrons. The first kappa shape index (κ1) is 15.0. The molecule has 2 N–H and O–H groups in total. The van der Waals surface area contributed by atoms with Gasteiger partial charge in [-0.3, -0.25) is 0 Å². The fourth-order valence-corrected chi connectivity index (χ4v) is 2.00. The molecule has 0 aliphatic carbocycles. The third-order valence-corrected chi connectivity index (χ3v) is 3.42. The van der Waals surface area contributed by atoms with Crippen LogP contribution in [0.4, 0.5) is 5.69 Å². The molecule has 0 aliphatic rings. The monoisotopic (exact) mass is 248 g/mol. The molecule has 1 aromatic carbocycles. The molecule has 0 heterocycles. The van der Waals surface area contributed by atoms with Crippen LogP contribution in [-0.4, -0.2) is 20.1 Å². The molecule has 0 saturated heterocycles. The van der Waals surface area contributed by atoms with Gasteiger partial charge in [-0.05, 0) is 42.6 Å². The smallest absolute Gasteiger partial charge is 0.0340 e. The van der Waals surface area contributed by atoms with E-state index in [0.29, 0.717) is 5.92 Å². The normalized spacial score (nSPS) is 13.4. The lowest BCUT2D eigenvalue weighted by molar-refractivity contribution is 0.506. The van der Waals surface area contributed by atoms with Gasteiger partial charge in [0.2, 0.25) is 0 Å². The fraction of sp³-hybridized carbons (Fsp3) is 0.625. The van der Waals surface area contributed by atoms with Crippen molar-refractivity contribution in [2.45, 2.75) is 39.5 Å². The van der Waals surface area contributed by atoms with E-state index in [0.717, 1.165) is 13.1 Å². The fourth-order valence-electron chi connectivity index (χ4n) is 2.00. The number of hydrogen-bond acceptors (Lipinski definition) is 2. The van der Waals surface area contributed by atoms with Crippen LogP contribution in [-0.2, 0) is 5.41 Å². The molecule has 0 aliphatic heterocycles. The van der Waals surface area contributed by atoms with Crippen LogP contribution in [0.5, 0.6) is 0 Å². The van der Waals surface area contributed by atoms with Crippen molar-refractivity contribution in [2.75, 3.05) is 25.5 Å². The van der Waals surface area contributed by atoms with Gasteiger partial charge in [0, 0.05) is 12.2 Å². The first-order valence-electron chi connectivity index (χ1n) is 6.96. The summed E-state index contributed by atoms with van der Waals surface area (Å²) in [6.07, 6.45) is 1.20. The zero-order valence-corrected chi connectivity index (χ0v) is 12.5. The average molecular weight is 248 g/mol. The number of hydrogen-bond donors (Lipinski definition) is 2. The van der Waals surface area contributed by atoms with Gasteiger partial charge in [-0.1, -0.05) is 46.2 Å². The molecule has 1 aromatic rings. The predicted molar refractivity (Wildman–Crippen MR) is 81.3 cm³/mol. The van der Waals surface area contributed by atoms with Crippen LogP contribution in [0.25, 0.3) is 0 Å². The Kier molecular flexibility index (Phi) is 5.67. The molecule has 2 heteroatoms. The molecule has 0 amide bonds. The zero-order valence-electron chi connectivity index (χ0n) is 12.5. The zero-order chi connectivity index (χ0) is 13.6. The standard InChI is InChI=1S/C16H28N2/c1-6-13(11-17-5)12-18-15-9-7-14(8-10-15)16(2,3)4/h7-10,13,17-18H,6,11-12H2,1-5H3. The third-order valence-electron chi connectivity index (χ3n) is 3.42. The minimum Gasteiger partial charge on any atom is -0.385 e. The van der Waals surface area contributed by atoms with Gasteiger partial charge in [0.25, 0.3) is 0 Å². The second kappa shape index (κ2) is 6.79. The molecule has 18 heavy (non-hydrogen) atoms. The van der Waals surface area contributed by atoms with Crippen molar-refractivity contribution >= 4 is 5.69 Å². The van der Waals surface area contributed by atoms with Crippen LogP contribution in [0.3, 0.4) is 0 Å². The molecule has 0 fully saturated rings. The topological polar surface area (TPSA) is 24.1 Å². The van der Waals surface area contributed by atoms with Gasteiger partial charge in [-0.2, -0.15) is 0 Å². The van der Waals surface area contributed by atoms with E-state index in [4.69, 9.17) is 0 Å². The average Bonchev–Trinajstić information content (AvgIpc) is 2.34. The highest BCUT2D eigenvalue weighted by atomic mass is 14.9. The van der Waals surface area contributed by atoms with Gasteiger partial charge in [0.05, 0.1) is 0 Å². The van der Waals surface area contributed by atoms with Crippen LogP contribution in [0.15, 0.2) is 24.3 Å². The lowest BCUT2D eigenvalue weighted by Crippen LogP contribution is -2.24. The van der Waals surface area contributed by atoms with E-state index in [1.807, 2.05) is 7.05 Å². The maximum absolute atomic E-state index is 3.52. The van der Waals surface area contributed by atoms with E-state index < -0.39 is 0 Å². The maximum Gasteiger partial charge on any atom is 0.0340 e. The second-order valence-corrected chi connectivity index (χ2v) is 6.04. The molecule has 1 rings (SSSR count). The van der Waals surface area contributed by atoms with Crippen molar-refractivity contribution in [2.24, 2.45) is 5.92 Å². The minimum atomic E-state index is 0.233. The van der Waals surface area contributed by atoms with E-state index in [9.17, 15) is 0 Å². The second-order valence-electron chi connectivity index (χ2n) is 6.04. The SMILES string of the molecule is CCC(CNC)CNc1ccc(C(C)(C)C)cc1. The Morgan fingerprint density at radius 2 is 1.67 bits per heavy atom. The summed E-state index contributed by atoms with van der Waals surface area (Å²) in [7, 11) is 2.01. The van der Waals surface area contributed by atoms with E-state index in [1.165, 1.54) is 17.7 Å². The molecule has 0 bridgehead atoms. The molecule has 2 nitrogen and oxygen atoms in total. The van der Waals surface area contributed by atoms with Gasteiger partial charge < -0.3 is 10.6 Å². The Labute approximate surface area is 112 Å². The number of nitrogens with one attached hydrogen (secondary N) is 2. The Morgan fingerprint density at radius 3 is 2.11 bits per heavy atom. The highest BCUT2D eigenvalue weighted by Crippen LogP contribution is 2.23. The maximum atomic E-state index is 3.52. The van der Waals surface area contributed by atoms with Gasteiger partial charge in [0.15, 0.2) is 0 Å². The van der Waals surface area contributed by atoms with Crippen molar-refractivity contribution < 1.29 is 0 Å². The molecule has 1 atom stereocenters. The number of benzene rings is 1. The summed E-state index contributed by atoms with van der Waals surface area (Å²) in [4.78, 5) is 0. The van der Waals surface area contributed by atoms with Gasteiger partial charge >= 0.3 is 0 Å². The lowest BCUT2D eigenvalue weighted by Gasteiger charge is -2.20. The number of anilines is 1. The van der Waals surface area contributed by atoms with Crippen LogP contribution < -0.4 is 10.6 Å².